The molecule has 1 aromatic carbocycles. The molecule has 2 aromatic rings. The fourth-order valence-electron chi connectivity index (χ4n) is 5.43. The zero-order valence-corrected chi connectivity index (χ0v) is 19.8. The van der Waals surface area contributed by atoms with Crippen LogP contribution in [0, 0.1) is 13.8 Å². The molecule has 7 nitrogen and oxygen atoms in total. The molecule has 1 amide bonds. The number of aliphatic hydroxyl groups is 1. The van der Waals surface area contributed by atoms with Crippen LogP contribution in [0.2, 0.25) is 0 Å². The van der Waals surface area contributed by atoms with Gasteiger partial charge in [0.1, 0.15) is 17.7 Å². The SMILES string of the molecule is COC1Cc2ccc(OC3CCN(c4nc5c(c(C)c4C)C(=O)N(CCO)C5)CC3)cc2C1. The number of rotatable bonds is 6. The fourth-order valence-corrected chi connectivity index (χ4v) is 5.43. The van der Waals surface area contributed by atoms with Crippen molar-refractivity contribution in [2.75, 3.05) is 38.3 Å². The summed E-state index contributed by atoms with van der Waals surface area (Å²) in [7, 11) is 1.78. The van der Waals surface area contributed by atoms with E-state index in [2.05, 4.69) is 30.0 Å². The normalized spacial score (nSPS) is 20.4. The minimum absolute atomic E-state index is 0.0167. The van der Waals surface area contributed by atoms with Crippen LogP contribution in [0.4, 0.5) is 5.82 Å². The van der Waals surface area contributed by atoms with Crippen LogP contribution in [0.5, 0.6) is 5.75 Å². The van der Waals surface area contributed by atoms with E-state index in [0.29, 0.717) is 13.1 Å². The van der Waals surface area contributed by atoms with Gasteiger partial charge in [-0.2, -0.15) is 0 Å². The van der Waals surface area contributed by atoms with E-state index in [-0.39, 0.29) is 24.7 Å². The van der Waals surface area contributed by atoms with Crippen molar-refractivity contribution in [3.05, 3.63) is 51.7 Å². The first-order valence-electron chi connectivity index (χ1n) is 11.9. The Morgan fingerprint density at radius 2 is 1.85 bits per heavy atom. The van der Waals surface area contributed by atoms with Gasteiger partial charge in [0, 0.05) is 39.6 Å². The van der Waals surface area contributed by atoms with Gasteiger partial charge in [0.25, 0.3) is 5.91 Å². The number of aromatic nitrogens is 1. The number of fused-ring (bicyclic) bond motifs is 2. The molecule has 0 bridgehead atoms. The number of nitrogens with zero attached hydrogens (tertiary/aromatic N) is 3. The predicted octanol–water partition coefficient (Wildman–Crippen LogP) is 2.81. The molecular weight excluding hydrogens is 418 g/mol. The summed E-state index contributed by atoms with van der Waals surface area (Å²) in [5.74, 6) is 1.91. The highest BCUT2D eigenvalue weighted by molar-refractivity contribution is 6.00. The largest absolute Gasteiger partial charge is 0.490 e. The lowest BCUT2D eigenvalue weighted by Crippen LogP contribution is -2.39. The first-order chi connectivity index (χ1) is 16.0. The highest BCUT2D eigenvalue weighted by atomic mass is 16.5. The molecule has 5 rings (SSSR count). The minimum atomic E-state index is -0.0324. The van der Waals surface area contributed by atoms with Crippen LogP contribution in [-0.2, 0) is 24.1 Å². The molecule has 0 spiro atoms. The maximum Gasteiger partial charge on any atom is 0.256 e. The zero-order chi connectivity index (χ0) is 23.1. The van der Waals surface area contributed by atoms with Gasteiger partial charge in [-0.25, -0.2) is 4.98 Å². The summed E-state index contributed by atoms with van der Waals surface area (Å²) in [6.07, 6.45) is 4.30. The standard InChI is InChI=1S/C26H33N3O4/c1-16-17(2)25(27-23-15-29(10-11-30)26(31)24(16)23)28-8-6-20(7-9-28)33-21-5-4-18-12-22(32-3)14-19(18)13-21/h4-5,13,20,22,30H,6-12,14-15H2,1-3H3. The number of ether oxygens (including phenoxy) is 2. The number of carbonyl (C=O) groups excluding carboxylic acids is 1. The lowest BCUT2D eigenvalue weighted by atomic mass is 10.0. The Balaban J connectivity index is 1.25. The molecular formula is C26H33N3O4. The molecule has 0 radical (unpaired) electrons. The molecule has 1 unspecified atom stereocenters. The van der Waals surface area contributed by atoms with E-state index >= 15 is 0 Å². The van der Waals surface area contributed by atoms with Crippen molar-refractivity contribution >= 4 is 11.7 Å². The number of amides is 1. The highest BCUT2D eigenvalue weighted by Gasteiger charge is 2.33. The number of hydrogen-bond acceptors (Lipinski definition) is 6. The Labute approximate surface area is 195 Å². The van der Waals surface area contributed by atoms with Crippen molar-refractivity contribution in [2.24, 2.45) is 0 Å². The second kappa shape index (κ2) is 8.95. The van der Waals surface area contributed by atoms with Crippen molar-refractivity contribution in [3.8, 4) is 5.75 Å². The summed E-state index contributed by atoms with van der Waals surface area (Å²) in [5.41, 5.74) is 6.33. The lowest BCUT2D eigenvalue weighted by Gasteiger charge is -2.34. The van der Waals surface area contributed by atoms with Gasteiger partial charge in [-0.15, -0.1) is 0 Å². The topological polar surface area (TPSA) is 75.1 Å². The van der Waals surface area contributed by atoms with Gasteiger partial charge >= 0.3 is 0 Å². The summed E-state index contributed by atoms with van der Waals surface area (Å²) in [6, 6.07) is 6.46. The molecule has 1 atom stereocenters. The summed E-state index contributed by atoms with van der Waals surface area (Å²) in [6.45, 7) is 6.61. The predicted molar refractivity (Wildman–Crippen MR) is 126 cm³/mol. The van der Waals surface area contributed by atoms with Gasteiger partial charge < -0.3 is 24.4 Å². The van der Waals surface area contributed by atoms with Gasteiger partial charge in [0.2, 0.25) is 0 Å². The first kappa shape index (κ1) is 22.2. The number of piperidine rings is 1. The molecule has 1 saturated heterocycles. The Morgan fingerprint density at radius 3 is 2.58 bits per heavy atom. The molecule has 0 saturated carbocycles. The van der Waals surface area contributed by atoms with Crippen LogP contribution in [0.1, 0.15) is 51.1 Å². The van der Waals surface area contributed by atoms with E-state index in [0.717, 1.165) is 72.7 Å². The third-order valence-corrected chi connectivity index (χ3v) is 7.46. The smallest absolute Gasteiger partial charge is 0.256 e. The van der Waals surface area contributed by atoms with Crippen LogP contribution >= 0.6 is 0 Å². The minimum Gasteiger partial charge on any atom is -0.490 e. The maximum absolute atomic E-state index is 12.7. The van der Waals surface area contributed by atoms with Gasteiger partial charge in [-0.1, -0.05) is 6.07 Å². The third-order valence-electron chi connectivity index (χ3n) is 7.46. The maximum atomic E-state index is 12.7. The van der Waals surface area contributed by atoms with Crippen molar-refractivity contribution in [1.29, 1.82) is 0 Å². The third kappa shape index (κ3) is 4.08. The van der Waals surface area contributed by atoms with E-state index in [1.165, 1.54) is 11.1 Å². The zero-order valence-electron chi connectivity index (χ0n) is 19.8. The molecule has 1 N–H and O–H groups in total. The van der Waals surface area contributed by atoms with Crippen molar-refractivity contribution in [3.63, 3.8) is 0 Å². The second-order valence-corrected chi connectivity index (χ2v) is 9.46. The second-order valence-electron chi connectivity index (χ2n) is 9.46. The van der Waals surface area contributed by atoms with Crippen molar-refractivity contribution < 1.29 is 19.4 Å². The number of methoxy groups -OCH3 is 1. The lowest BCUT2D eigenvalue weighted by molar-refractivity contribution is 0.0744. The van der Waals surface area contributed by atoms with Gasteiger partial charge in [0.15, 0.2) is 0 Å². The van der Waals surface area contributed by atoms with Gasteiger partial charge in [-0.3, -0.25) is 4.79 Å². The molecule has 1 aromatic heterocycles. The Bertz CT molecular complexity index is 1060. The van der Waals surface area contributed by atoms with E-state index < -0.39 is 0 Å². The summed E-state index contributed by atoms with van der Waals surface area (Å²) in [5, 5.41) is 9.27. The molecule has 176 valence electrons. The number of hydrogen-bond donors (Lipinski definition) is 1. The monoisotopic (exact) mass is 451 g/mol. The van der Waals surface area contributed by atoms with Crippen LogP contribution in [0.3, 0.4) is 0 Å². The molecule has 1 fully saturated rings. The molecule has 3 heterocycles. The van der Waals surface area contributed by atoms with Crippen LogP contribution in [0.15, 0.2) is 18.2 Å². The number of β-amino-alcohol motifs (C(OH)–C–C–N with tert-alkyl or cyclic N) is 1. The summed E-state index contributed by atoms with van der Waals surface area (Å²) < 4.78 is 11.9. The molecule has 7 heteroatoms. The first-order valence-corrected chi connectivity index (χ1v) is 11.9. The van der Waals surface area contributed by atoms with Crippen LogP contribution < -0.4 is 9.64 Å². The van der Waals surface area contributed by atoms with Gasteiger partial charge in [0.05, 0.1) is 30.5 Å². The van der Waals surface area contributed by atoms with E-state index in [1.54, 1.807) is 12.0 Å². The van der Waals surface area contributed by atoms with Gasteiger partial charge in [-0.05, 0) is 61.1 Å². The van der Waals surface area contributed by atoms with Crippen molar-refractivity contribution in [1.82, 2.24) is 9.88 Å². The molecule has 3 aliphatic rings. The molecule has 2 aliphatic heterocycles. The van der Waals surface area contributed by atoms with Crippen molar-refractivity contribution in [2.45, 2.75) is 58.3 Å². The molecule has 1 aliphatic carbocycles. The number of benzene rings is 1. The van der Waals surface area contributed by atoms with E-state index in [1.807, 2.05) is 6.92 Å². The fraction of sp³-hybridized carbons (Fsp3) is 0.538. The molecule has 33 heavy (non-hydrogen) atoms. The Kier molecular flexibility index (Phi) is 6.01. The number of aliphatic hydroxyl groups excluding tert-OH is 1. The number of anilines is 1. The average Bonchev–Trinajstić information content (AvgIpc) is 3.37. The number of pyridine rings is 1. The summed E-state index contributed by atoms with van der Waals surface area (Å²) >= 11 is 0. The summed E-state index contributed by atoms with van der Waals surface area (Å²) in [4.78, 5) is 21.6. The number of carbonyl (C=O) groups is 1. The van der Waals surface area contributed by atoms with E-state index in [4.69, 9.17) is 14.5 Å². The average molecular weight is 452 g/mol. The van der Waals surface area contributed by atoms with Crippen LogP contribution in [0.25, 0.3) is 0 Å². The highest BCUT2D eigenvalue weighted by Crippen LogP contribution is 2.33. The Hall–Kier alpha value is -2.64. The quantitative estimate of drug-likeness (QED) is 0.728. The van der Waals surface area contributed by atoms with E-state index in [9.17, 15) is 9.90 Å². The van der Waals surface area contributed by atoms with Crippen LogP contribution in [-0.4, -0.2) is 66.5 Å². The Morgan fingerprint density at radius 1 is 1.09 bits per heavy atom.